The highest BCUT2D eigenvalue weighted by atomic mass is 16.5. The summed E-state index contributed by atoms with van der Waals surface area (Å²) < 4.78 is 17.7. The summed E-state index contributed by atoms with van der Waals surface area (Å²) in [7, 11) is 0. The monoisotopic (exact) mass is 561 g/mol. The third-order valence-electron chi connectivity index (χ3n) is 7.23. The fourth-order valence-corrected chi connectivity index (χ4v) is 5.73. The molecule has 0 saturated carbocycles. The summed E-state index contributed by atoms with van der Waals surface area (Å²) >= 11 is 0. The molecule has 0 radical (unpaired) electrons. The van der Waals surface area contributed by atoms with Crippen LogP contribution in [-0.4, -0.2) is 41.8 Å². The second kappa shape index (κ2) is 11.9. The Kier molecular flexibility index (Phi) is 8.73. The largest absolute Gasteiger partial charge is 0.481 e. The zero-order valence-electron chi connectivity index (χ0n) is 24.8. The Hall–Kier alpha value is -3.91. The average Bonchev–Trinajstić information content (AvgIpc) is 2.85. The van der Waals surface area contributed by atoms with Gasteiger partial charge in [0, 0.05) is 12.1 Å². The molecule has 2 N–H and O–H groups in total. The summed E-state index contributed by atoms with van der Waals surface area (Å²) in [5, 5.41) is 12.8. The lowest BCUT2D eigenvalue weighted by atomic mass is 9.77. The number of hydrogen-bond acceptors (Lipinski definition) is 7. The Morgan fingerprint density at radius 2 is 1.78 bits per heavy atom. The predicted octanol–water partition coefficient (Wildman–Crippen LogP) is 5.50. The quantitative estimate of drug-likeness (QED) is 0.407. The number of ether oxygens (including phenoxy) is 3. The number of carboxylic acid groups (broad SMARTS) is 1. The van der Waals surface area contributed by atoms with E-state index in [2.05, 4.69) is 17.4 Å². The van der Waals surface area contributed by atoms with Crippen LogP contribution in [0, 0.1) is 20.8 Å². The topological polar surface area (TPSA) is 111 Å². The molecule has 2 atom stereocenters. The number of aryl methyl sites for hydroxylation is 3. The summed E-state index contributed by atoms with van der Waals surface area (Å²) in [4.78, 5) is 38.9. The van der Waals surface area contributed by atoms with Crippen molar-refractivity contribution < 1.29 is 33.7 Å². The molecule has 2 heterocycles. The molecule has 2 aromatic carbocycles. The van der Waals surface area contributed by atoms with Crippen molar-refractivity contribution >= 4 is 17.9 Å². The molecule has 2 aliphatic rings. The van der Waals surface area contributed by atoms with E-state index in [0.717, 1.165) is 22.3 Å². The average molecular weight is 562 g/mol. The van der Waals surface area contributed by atoms with E-state index in [1.165, 1.54) is 0 Å². The minimum absolute atomic E-state index is 0.0854. The van der Waals surface area contributed by atoms with Gasteiger partial charge in [-0.25, -0.2) is 9.59 Å². The van der Waals surface area contributed by atoms with Crippen LogP contribution in [0.15, 0.2) is 58.9 Å². The van der Waals surface area contributed by atoms with Crippen LogP contribution in [0.3, 0.4) is 0 Å². The van der Waals surface area contributed by atoms with Crippen LogP contribution in [0.5, 0.6) is 0 Å². The molecule has 0 amide bonds. The molecule has 0 bridgehead atoms. The van der Waals surface area contributed by atoms with E-state index in [9.17, 15) is 19.5 Å². The van der Waals surface area contributed by atoms with E-state index in [4.69, 9.17) is 14.2 Å². The van der Waals surface area contributed by atoms with Crippen molar-refractivity contribution in [3.8, 4) is 0 Å². The van der Waals surface area contributed by atoms with Crippen molar-refractivity contribution in [2.24, 2.45) is 0 Å². The van der Waals surface area contributed by atoms with Gasteiger partial charge in [0.1, 0.15) is 6.10 Å². The smallest absolute Gasteiger partial charge is 0.337 e. The van der Waals surface area contributed by atoms with Crippen molar-refractivity contribution in [1.82, 2.24) is 5.32 Å². The van der Waals surface area contributed by atoms with Gasteiger partial charge in [0.15, 0.2) is 0 Å². The van der Waals surface area contributed by atoms with Gasteiger partial charge in [0.2, 0.25) is 0 Å². The normalized spacial score (nSPS) is 19.0. The van der Waals surface area contributed by atoms with Gasteiger partial charge < -0.3 is 24.6 Å². The number of hydrogen-bond donors (Lipinski definition) is 2. The van der Waals surface area contributed by atoms with Gasteiger partial charge in [0.05, 0.1) is 48.0 Å². The van der Waals surface area contributed by atoms with E-state index >= 15 is 0 Å². The van der Waals surface area contributed by atoms with Crippen LogP contribution in [0.1, 0.15) is 79.5 Å². The molecule has 0 fully saturated rings. The number of rotatable bonds is 8. The number of dihydropyridines is 1. The van der Waals surface area contributed by atoms with E-state index in [-0.39, 0.29) is 25.2 Å². The second-order valence-electron chi connectivity index (χ2n) is 11.7. The lowest BCUT2D eigenvalue weighted by molar-refractivity contribution is -0.147. The van der Waals surface area contributed by atoms with E-state index < -0.39 is 35.5 Å². The molecular weight excluding hydrogens is 522 g/mol. The molecule has 218 valence electrons. The minimum atomic E-state index is -0.975. The molecule has 8 heteroatoms. The molecule has 8 nitrogen and oxygen atoms in total. The summed E-state index contributed by atoms with van der Waals surface area (Å²) in [6, 6.07) is 11.1. The van der Waals surface area contributed by atoms with Gasteiger partial charge in [-0.05, 0) is 76.3 Å². The van der Waals surface area contributed by atoms with Crippen LogP contribution in [0.4, 0.5) is 0 Å². The van der Waals surface area contributed by atoms with Crippen LogP contribution in [0.2, 0.25) is 0 Å². The molecule has 2 unspecified atom stereocenters. The van der Waals surface area contributed by atoms with Crippen molar-refractivity contribution in [2.45, 2.75) is 78.9 Å². The predicted molar refractivity (Wildman–Crippen MR) is 154 cm³/mol. The molecular formula is C33H39NO7. The number of cyclic esters (lactones) is 1. The van der Waals surface area contributed by atoms with Gasteiger partial charge in [-0.3, -0.25) is 4.79 Å². The fraction of sp³-hybridized carbons (Fsp3) is 0.424. The van der Waals surface area contributed by atoms with Crippen LogP contribution in [-0.2, 0) is 35.0 Å². The highest BCUT2D eigenvalue weighted by molar-refractivity contribution is 6.00. The lowest BCUT2D eigenvalue weighted by Crippen LogP contribution is -2.39. The molecule has 0 aliphatic carbocycles. The first-order chi connectivity index (χ1) is 19.3. The number of esters is 2. The Bertz CT molecular complexity index is 1420. The van der Waals surface area contributed by atoms with Gasteiger partial charge in [-0.2, -0.15) is 0 Å². The first-order valence-corrected chi connectivity index (χ1v) is 13.9. The zero-order valence-corrected chi connectivity index (χ0v) is 24.8. The first kappa shape index (κ1) is 30.1. The van der Waals surface area contributed by atoms with Crippen LogP contribution >= 0.6 is 0 Å². The molecule has 2 aromatic rings. The van der Waals surface area contributed by atoms with Gasteiger partial charge in [-0.15, -0.1) is 0 Å². The van der Waals surface area contributed by atoms with Crippen molar-refractivity contribution in [2.75, 3.05) is 13.2 Å². The molecule has 41 heavy (non-hydrogen) atoms. The second-order valence-corrected chi connectivity index (χ2v) is 11.7. The van der Waals surface area contributed by atoms with Crippen molar-refractivity contribution in [3.63, 3.8) is 0 Å². The third kappa shape index (κ3) is 6.70. The van der Waals surface area contributed by atoms with Crippen molar-refractivity contribution in [3.05, 3.63) is 92.3 Å². The number of benzene rings is 2. The number of carboxylic acids is 1. The molecule has 4 rings (SSSR count). The standard InChI is InChI=1S/C33H39NO7/c1-8-39-31(37)30-24(17-40-33(5,6)7)34-23-16-25(27-19(3)12-18(2)13-20(27)4)41-32(38)29(23)28(30)22-11-9-10-21(14-22)15-26(35)36/h9-14,25,28,34H,8,15-17H2,1-7H3,(H,35,36). The molecule has 0 spiro atoms. The summed E-state index contributed by atoms with van der Waals surface area (Å²) in [6.07, 6.45) is -0.323. The van der Waals surface area contributed by atoms with E-state index in [1.54, 1.807) is 31.2 Å². The molecule has 0 aromatic heterocycles. The Morgan fingerprint density at radius 1 is 1.10 bits per heavy atom. The Labute approximate surface area is 241 Å². The van der Waals surface area contributed by atoms with Crippen LogP contribution < -0.4 is 5.32 Å². The molecule has 0 saturated heterocycles. The van der Waals surface area contributed by atoms with Crippen LogP contribution in [0.25, 0.3) is 0 Å². The summed E-state index contributed by atoms with van der Waals surface area (Å²) in [5.41, 5.74) is 6.57. The van der Waals surface area contributed by atoms with Gasteiger partial charge in [0.25, 0.3) is 0 Å². The summed E-state index contributed by atoms with van der Waals surface area (Å²) in [5.74, 6) is -2.91. The highest BCUT2D eigenvalue weighted by Gasteiger charge is 2.44. The Balaban J connectivity index is 1.89. The maximum Gasteiger partial charge on any atom is 0.337 e. The summed E-state index contributed by atoms with van der Waals surface area (Å²) in [6.45, 7) is 13.8. The zero-order chi connectivity index (χ0) is 30.1. The third-order valence-corrected chi connectivity index (χ3v) is 7.23. The number of carbonyl (C=O) groups is 3. The Morgan fingerprint density at radius 3 is 2.39 bits per heavy atom. The fourth-order valence-electron chi connectivity index (χ4n) is 5.73. The lowest BCUT2D eigenvalue weighted by Gasteiger charge is -2.38. The SMILES string of the molecule is CCOC(=O)C1=C(COC(C)(C)C)NC2=C(C(=O)OC(c3c(C)cc(C)cc3C)C2)C1c1cccc(CC(=O)O)c1. The maximum absolute atomic E-state index is 13.9. The number of nitrogens with one attached hydrogen (secondary N) is 1. The number of carbonyl (C=O) groups excluding carboxylic acids is 2. The minimum Gasteiger partial charge on any atom is -0.481 e. The van der Waals surface area contributed by atoms with E-state index in [1.807, 2.05) is 41.5 Å². The van der Waals surface area contributed by atoms with Gasteiger partial charge >= 0.3 is 17.9 Å². The van der Waals surface area contributed by atoms with Crippen molar-refractivity contribution in [1.29, 1.82) is 0 Å². The first-order valence-electron chi connectivity index (χ1n) is 13.9. The highest BCUT2D eigenvalue weighted by Crippen LogP contribution is 2.46. The molecule has 2 aliphatic heterocycles. The maximum atomic E-state index is 13.9. The van der Waals surface area contributed by atoms with E-state index in [0.29, 0.717) is 34.5 Å². The number of aliphatic carboxylic acids is 1. The van der Waals surface area contributed by atoms with Gasteiger partial charge in [-0.1, -0.05) is 42.0 Å².